The average molecular weight is 420 g/mol. The highest BCUT2D eigenvalue weighted by atomic mass is 32.2. The van der Waals surface area contributed by atoms with E-state index in [1.54, 1.807) is 37.4 Å². The maximum atomic E-state index is 13.2. The normalized spacial score (nSPS) is 15.4. The van der Waals surface area contributed by atoms with Crippen LogP contribution in [0.15, 0.2) is 35.4 Å². The molecule has 158 valence electrons. The van der Waals surface area contributed by atoms with Gasteiger partial charge in [0.15, 0.2) is 0 Å². The fourth-order valence-corrected chi connectivity index (χ4v) is 4.95. The Hall–Kier alpha value is -2.35. The highest BCUT2D eigenvalue weighted by molar-refractivity contribution is 7.92. The summed E-state index contributed by atoms with van der Waals surface area (Å²) >= 11 is 0. The summed E-state index contributed by atoms with van der Waals surface area (Å²) in [5, 5.41) is 4.67. The summed E-state index contributed by atoms with van der Waals surface area (Å²) in [6.07, 6.45) is 5.98. The fourth-order valence-electron chi connectivity index (χ4n) is 3.55. The maximum Gasteiger partial charge on any atom is 0.338 e. The summed E-state index contributed by atoms with van der Waals surface area (Å²) in [4.78, 5) is 12.0. The van der Waals surface area contributed by atoms with E-state index in [1.807, 2.05) is 25.5 Å². The molecule has 2 aromatic rings. The molecule has 3 rings (SSSR count). The Bertz CT molecular complexity index is 966. The van der Waals surface area contributed by atoms with Crippen LogP contribution >= 0.6 is 0 Å². The molecule has 0 amide bonds. The molecule has 0 bridgehead atoms. The lowest BCUT2D eigenvalue weighted by molar-refractivity contribution is 0.0526. The molecule has 29 heavy (non-hydrogen) atoms. The number of nitrogens with one attached hydrogen (secondary N) is 1. The molecule has 1 aromatic carbocycles. The van der Waals surface area contributed by atoms with Gasteiger partial charge in [-0.05, 0) is 44.0 Å². The number of aromatic nitrogens is 2. The topological polar surface area (TPSA) is 90.3 Å². The summed E-state index contributed by atoms with van der Waals surface area (Å²) in [6, 6.07) is 6.46. The van der Waals surface area contributed by atoms with Gasteiger partial charge in [-0.1, -0.05) is 33.6 Å². The van der Waals surface area contributed by atoms with Gasteiger partial charge in [0, 0.05) is 17.3 Å². The number of hydrogen-bond donors (Lipinski definition) is 1. The summed E-state index contributed by atoms with van der Waals surface area (Å²) in [5.41, 5.74) is 0.896. The van der Waals surface area contributed by atoms with Crippen molar-refractivity contribution in [3.05, 3.63) is 41.7 Å². The van der Waals surface area contributed by atoms with Crippen molar-refractivity contribution >= 4 is 21.7 Å². The predicted octanol–water partition coefficient (Wildman–Crippen LogP) is 4.27. The summed E-state index contributed by atoms with van der Waals surface area (Å²) in [6.45, 7) is 7.90. The molecule has 1 fully saturated rings. The number of hydrogen-bond acceptors (Lipinski definition) is 5. The summed E-state index contributed by atoms with van der Waals surface area (Å²) in [7, 11) is -3.83. The zero-order valence-electron chi connectivity index (χ0n) is 17.4. The van der Waals surface area contributed by atoms with E-state index in [9.17, 15) is 13.2 Å². The Balaban J connectivity index is 1.89. The molecule has 7 nitrogen and oxygen atoms in total. The van der Waals surface area contributed by atoms with Crippen LogP contribution in [-0.2, 0) is 20.2 Å². The molecule has 0 atom stereocenters. The van der Waals surface area contributed by atoms with Crippen molar-refractivity contribution in [2.75, 3.05) is 11.3 Å². The monoisotopic (exact) mass is 419 g/mol. The second-order valence-corrected chi connectivity index (χ2v) is 10.1. The van der Waals surface area contributed by atoms with Gasteiger partial charge in [0.1, 0.15) is 4.90 Å². The standard InChI is InChI=1S/C21H29N3O4S/c1-5-28-20(25)15-10-12-16(13-11-15)23-29(26,27)18-14-24(17-8-6-7-9-17)22-19(18)21(2,3)4/h10-14,17,23H,5-9H2,1-4H3. The second kappa shape index (κ2) is 8.18. The van der Waals surface area contributed by atoms with Gasteiger partial charge in [0.2, 0.25) is 0 Å². The second-order valence-electron chi connectivity index (χ2n) is 8.41. The number of carbonyl (C=O) groups excluding carboxylic acids is 1. The van der Waals surface area contributed by atoms with Crippen LogP contribution in [-0.4, -0.2) is 30.8 Å². The van der Waals surface area contributed by atoms with Gasteiger partial charge in [-0.15, -0.1) is 0 Å². The molecular formula is C21H29N3O4S. The van der Waals surface area contributed by atoms with E-state index in [0.717, 1.165) is 25.7 Å². The van der Waals surface area contributed by atoms with Crippen molar-refractivity contribution in [1.29, 1.82) is 0 Å². The van der Waals surface area contributed by atoms with Gasteiger partial charge in [-0.3, -0.25) is 9.40 Å². The Kier molecular flexibility index (Phi) is 6.03. The third-order valence-corrected chi connectivity index (χ3v) is 6.43. The minimum Gasteiger partial charge on any atom is -0.462 e. The molecule has 1 aromatic heterocycles. The van der Waals surface area contributed by atoms with Crippen molar-refractivity contribution in [2.24, 2.45) is 0 Å². The van der Waals surface area contributed by atoms with Crippen LogP contribution < -0.4 is 4.72 Å². The molecule has 0 unspecified atom stereocenters. The van der Waals surface area contributed by atoms with Crippen LogP contribution in [0.25, 0.3) is 0 Å². The van der Waals surface area contributed by atoms with Crippen molar-refractivity contribution in [3.63, 3.8) is 0 Å². The summed E-state index contributed by atoms with van der Waals surface area (Å²) in [5.74, 6) is -0.435. The Labute approximate surface area is 172 Å². The highest BCUT2D eigenvalue weighted by Crippen LogP contribution is 2.34. The first-order valence-electron chi connectivity index (χ1n) is 10.0. The summed E-state index contributed by atoms with van der Waals surface area (Å²) < 4.78 is 35.7. The average Bonchev–Trinajstić information content (AvgIpc) is 3.31. The molecule has 1 heterocycles. The van der Waals surface area contributed by atoms with E-state index in [2.05, 4.69) is 9.82 Å². The van der Waals surface area contributed by atoms with Gasteiger partial charge >= 0.3 is 5.97 Å². The van der Waals surface area contributed by atoms with Crippen molar-refractivity contribution in [3.8, 4) is 0 Å². The third kappa shape index (κ3) is 4.80. The predicted molar refractivity (Wildman–Crippen MR) is 112 cm³/mol. The largest absolute Gasteiger partial charge is 0.462 e. The van der Waals surface area contributed by atoms with Crippen molar-refractivity contribution in [2.45, 2.75) is 69.7 Å². The van der Waals surface area contributed by atoms with Crippen LogP contribution in [0.1, 0.15) is 75.5 Å². The van der Waals surface area contributed by atoms with E-state index in [1.165, 1.54) is 0 Å². The Morgan fingerprint density at radius 3 is 2.38 bits per heavy atom. The fraction of sp³-hybridized carbons (Fsp3) is 0.524. The van der Waals surface area contributed by atoms with Gasteiger partial charge in [-0.25, -0.2) is 13.2 Å². The quantitative estimate of drug-likeness (QED) is 0.706. The molecule has 0 radical (unpaired) electrons. The minimum absolute atomic E-state index is 0.200. The SMILES string of the molecule is CCOC(=O)c1ccc(NS(=O)(=O)c2cn(C3CCCC3)nc2C(C)(C)C)cc1. The molecule has 0 saturated heterocycles. The lowest BCUT2D eigenvalue weighted by Gasteiger charge is -2.18. The third-order valence-electron chi connectivity index (χ3n) is 5.05. The van der Waals surface area contributed by atoms with E-state index in [0.29, 0.717) is 16.9 Å². The van der Waals surface area contributed by atoms with Crippen molar-refractivity contribution in [1.82, 2.24) is 9.78 Å². The van der Waals surface area contributed by atoms with Crippen LogP contribution in [0.4, 0.5) is 5.69 Å². The molecule has 1 aliphatic carbocycles. The van der Waals surface area contributed by atoms with Crippen LogP contribution in [0, 0.1) is 0 Å². The van der Waals surface area contributed by atoms with Crippen LogP contribution in [0.5, 0.6) is 0 Å². The maximum absolute atomic E-state index is 13.2. The van der Waals surface area contributed by atoms with Gasteiger partial charge in [0.05, 0.1) is 23.9 Å². The van der Waals surface area contributed by atoms with E-state index in [4.69, 9.17) is 4.74 Å². The molecule has 1 aliphatic rings. The molecular weight excluding hydrogens is 390 g/mol. The lowest BCUT2D eigenvalue weighted by Crippen LogP contribution is -2.20. The molecule has 8 heteroatoms. The number of esters is 1. The first-order valence-corrected chi connectivity index (χ1v) is 11.5. The Morgan fingerprint density at radius 2 is 1.83 bits per heavy atom. The Morgan fingerprint density at radius 1 is 1.21 bits per heavy atom. The zero-order valence-corrected chi connectivity index (χ0v) is 18.3. The smallest absolute Gasteiger partial charge is 0.338 e. The van der Waals surface area contributed by atoms with E-state index < -0.39 is 21.4 Å². The number of benzene rings is 1. The molecule has 0 aliphatic heterocycles. The molecule has 1 N–H and O–H groups in total. The number of rotatable bonds is 6. The number of anilines is 1. The van der Waals surface area contributed by atoms with Gasteiger partial charge in [0.25, 0.3) is 10.0 Å². The number of ether oxygens (including phenoxy) is 1. The van der Waals surface area contributed by atoms with Gasteiger partial charge < -0.3 is 4.74 Å². The van der Waals surface area contributed by atoms with Crippen molar-refractivity contribution < 1.29 is 17.9 Å². The lowest BCUT2D eigenvalue weighted by atomic mass is 9.92. The first-order chi connectivity index (χ1) is 13.6. The number of nitrogens with zero attached hydrogens (tertiary/aromatic N) is 2. The first kappa shape index (κ1) is 21.4. The number of carbonyl (C=O) groups is 1. The van der Waals surface area contributed by atoms with Crippen LogP contribution in [0.2, 0.25) is 0 Å². The van der Waals surface area contributed by atoms with Crippen LogP contribution in [0.3, 0.4) is 0 Å². The van der Waals surface area contributed by atoms with Gasteiger partial charge in [-0.2, -0.15) is 5.10 Å². The molecule has 1 saturated carbocycles. The zero-order chi connectivity index (χ0) is 21.2. The molecule has 0 spiro atoms. The highest BCUT2D eigenvalue weighted by Gasteiger charge is 2.32. The van der Waals surface area contributed by atoms with E-state index >= 15 is 0 Å². The minimum atomic E-state index is -3.83. The number of sulfonamides is 1. The van der Waals surface area contributed by atoms with E-state index in [-0.39, 0.29) is 17.5 Å².